The second-order valence-electron chi connectivity index (χ2n) is 6.72. The second kappa shape index (κ2) is 5.41. The van der Waals surface area contributed by atoms with Crippen LogP contribution in [0.5, 0.6) is 0 Å². The van der Waals surface area contributed by atoms with Crippen LogP contribution >= 0.6 is 0 Å². The quantitative estimate of drug-likeness (QED) is 0.777. The fourth-order valence-electron chi connectivity index (χ4n) is 4.22. The number of rotatable bonds is 4. The SMILES string of the molecule is C=CCN1C[C@@]2(C(=O)O)CN(C(=O)C3CCCC3)C[C@H]2C1=O. The van der Waals surface area contributed by atoms with Gasteiger partial charge in [0.05, 0.1) is 5.92 Å². The van der Waals surface area contributed by atoms with Crippen LogP contribution in [0.4, 0.5) is 0 Å². The summed E-state index contributed by atoms with van der Waals surface area (Å²) in [6, 6.07) is 0. The van der Waals surface area contributed by atoms with Gasteiger partial charge < -0.3 is 14.9 Å². The van der Waals surface area contributed by atoms with E-state index in [1.807, 2.05) is 0 Å². The first-order chi connectivity index (χ1) is 10.5. The van der Waals surface area contributed by atoms with Crippen LogP contribution in [0.25, 0.3) is 0 Å². The Hall–Kier alpha value is -1.85. The van der Waals surface area contributed by atoms with Crippen LogP contribution in [-0.4, -0.2) is 58.9 Å². The van der Waals surface area contributed by atoms with Gasteiger partial charge >= 0.3 is 5.97 Å². The van der Waals surface area contributed by atoms with Crippen molar-refractivity contribution in [1.82, 2.24) is 9.80 Å². The second-order valence-corrected chi connectivity index (χ2v) is 6.72. The lowest BCUT2D eigenvalue weighted by atomic mass is 9.81. The Bertz CT molecular complexity index is 526. The Labute approximate surface area is 129 Å². The van der Waals surface area contributed by atoms with Gasteiger partial charge in [-0.2, -0.15) is 0 Å². The standard InChI is InChI=1S/C16H22N2O4/c1-2-7-17-9-16(15(21)22)10-18(8-12(16)14(17)20)13(19)11-5-3-4-6-11/h2,11-12H,1,3-10H2,(H,21,22)/t12-,16+/m0/s1. The van der Waals surface area contributed by atoms with Gasteiger partial charge in [0.2, 0.25) is 11.8 Å². The number of nitrogens with zero attached hydrogens (tertiary/aromatic N) is 2. The summed E-state index contributed by atoms with van der Waals surface area (Å²) in [6.07, 6.45) is 5.50. The van der Waals surface area contributed by atoms with Crippen LogP contribution in [0, 0.1) is 17.3 Å². The third kappa shape index (κ3) is 2.12. The summed E-state index contributed by atoms with van der Waals surface area (Å²) in [5, 5.41) is 9.70. The van der Waals surface area contributed by atoms with Crippen molar-refractivity contribution in [2.75, 3.05) is 26.2 Å². The van der Waals surface area contributed by atoms with E-state index in [4.69, 9.17) is 0 Å². The molecular formula is C16H22N2O4. The lowest BCUT2D eigenvalue weighted by Crippen LogP contribution is -2.43. The number of carboxylic acid groups (broad SMARTS) is 1. The topological polar surface area (TPSA) is 77.9 Å². The number of hydrogen-bond acceptors (Lipinski definition) is 3. The number of carboxylic acids is 1. The molecule has 6 heteroatoms. The van der Waals surface area contributed by atoms with E-state index in [0.29, 0.717) is 6.54 Å². The van der Waals surface area contributed by atoms with Crippen molar-refractivity contribution in [3.05, 3.63) is 12.7 Å². The molecule has 0 aromatic heterocycles. The average molecular weight is 306 g/mol. The fraction of sp³-hybridized carbons (Fsp3) is 0.688. The number of amides is 2. The van der Waals surface area contributed by atoms with Crippen LogP contribution in [0.15, 0.2) is 12.7 Å². The molecule has 1 saturated carbocycles. The summed E-state index contributed by atoms with van der Waals surface area (Å²) < 4.78 is 0. The Morgan fingerprint density at radius 1 is 1.32 bits per heavy atom. The normalized spacial score (nSPS) is 31.6. The number of aliphatic carboxylic acids is 1. The number of carbonyl (C=O) groups excluding carboxylic acids is 2. The molecule has 3 fully saturated rings. The maximum Gasteiger partial charge on any atom is 0.314 e. The molecule has 2 atom stereocenters. The number of carbonyl (C=O) groups is 3. The maximum absolute atomic E-state index is 12.5. The van der Waals surface area contributed by atoms with Gasteiger partial charge in [-0.1, -0.05) is 18.9 Å². The van der Waals surface area contributed by atoms with E-state index in [1.54, 1.807) is 15.9 Å². The molecule has 0 aromatic carbocycles. The number of hydrogen-bond donors (Lipinski definition) is 1. The summed E-state index contributed by atoms with van der Waals surface area (Å²) >= 11 is 0. The van der Waals surface area contributed by atoms with E-state index in [-0.39, 0.29) is 37.4 Å². The molecule has 0 radical (unpaired) electrons. The molecule has 0 unspecified atom stereocenters. The molecule has 1 N–H and O–H groups in total. The highest BCUT2D eigenvalue weighted by molar-refractivity contribution is 5.94. The lowest BCUT2D eigenvalue weighted by Gasteiger charge is -2.26. The molecular weight excluding hydrogens is 284 g/mol. The predicted octanol–water partition coefficient (Wildman–Crippen LogP) is 0.734. The highest BCUT2D eigenvalue weighted by Crippen LogP contribution is 2.44. The molecule has 2 amide bonds. The van der Waals surface area contributed by atoms with E-state index in [0.717, 1.165) is 25.7 Å². The van der Waals surface area contributed by atoms with E-state index in [1.165, 1.54) is 0 Å². The molecule has 120 valence electrons. The van der Waals surface area contributed by atoms with Crippen molar-refractivity contribution >= 4 is 17.8 Å². The Balaban J connectivity index is 1.80. The molecule has 1 aliphatic carbocycles. The van der Waals surface area contributed by atoms with Gasteiger partial charge in [-0.15, -0.1) is 6.58 Å². The highest BCUT2D eigenvalue weighted by atomic mass is 16.4. The smallest absolute Gasteiger partial charge is 0.314 e. The first-order valence-corrected chi connectivity index (χ1v) is 7.91. The minimum Gasteiger partial charge on any atom is -0.481 e. The van der Waals surface area contributed by atoms with Crippen molar-refractivity contribution in [3.63, 3.8) is 0 Å². The highest BCUT2D eigenvalue weighted by Gasteiger charge is 2.62. The summed E-state index contributed by atoms with van der Waals surface area (Å²) in [5.74, 6) is -1.70. The van der Waals surface area contributed by atoms with E-state index in [2.05, 4.69) is 6.58 Å². The largest absolute Gasteiger partial charge is 0.481 e. The summed E-state index contributed by atoms with van der Waals surface area (Å²) in [4.78, 5) is 40.0. The molecule has 3 rings (SSSR count). The third-order valence-electron chi connectivity index (χ3n) is 5.42. The molecule has 2 saturated heterocycles. The van der Waals surface area contributed by atoms with Gasteiger partial charge in [0, 0.05) is 32.1 Å². The molecule has 2 heterocycles. The minimum absolute atomic E-state index is 0.0176. The zero-order valence-electron chi connectivity index (χ0n) is 12.7. The molecule has 22 heavy (non-hydrogen) atoms. The lowest BCUT2D eigenvalue weighted by molar-refractivity contribution is -0.150. The Morgan fingerprint density at radius 2 is 2.00 bits per heavy atom. The van der Waals surface area contributed by atoms with E-state index < -0.39 is 17.3 Å². The molecule has 0 bridgehead atoms. The predicted molar refractivity (Wildman–Crippen MR) is 78.9 cm³/mol. The van der Waals surface area contributed by atoms with Gasteiger partial charge in [-0.3, -0.25) is 14.4 Å². The minimum atomic E-state index is -1.14. The van der Waals surface area contributed by atoms with E-state index in [9.17, 15) is 19.5 Å². The van der Waals surface area contributed by atoms with Crippen LogP contribution in [0.2, 0.25) is 0 Å². The van der Waals surface area contributed by atoms with Crippen molar-refractivity contribution in [2.24, 2.45) is 17.3 Å². The molecule has 6 nitrogen and oxygen atoms in total. The van der Waals surface area contributed by atoms with Crippen molar-refractivity contribution in [2.45, 2.75) is 25.7 Å². The molecule has 0 spiro atoms. The van der Waals surface area contributed by atoms with Gasteiger partial charge in [0.25, 0.3) is 0 Å². The van der Waals surface area contributed by atoms with Crippen molar-refractivity contribution < 1.29 is 19.5 Å². The van der Waals surface area contributed by atoms with Gasteiger partial charge in [0.15, 0.2) is 0 Å². The monoisotopic (exact) mass is 306 g/mol. The van der Waals surface area contributed by atoms with Crippen LogP contribution in [0.3, 0.4) is 0 Å². The fourth-order valence-corrected chi connectivity index (χ4v) is 4.22. The van der Waals surface area contributed by atoms with Gasteiger partial charge in [-0.05, 0) is 12.8 Å². The van der Waals surface area contributed by atoms with Crippen LogP contribution in [0.1, 0.15) is 25.7 Å². The zero-order chi connectivity index (χ0) is 15.9. The Kier molecular flexibility index (Phi) is 3.70. The maximum atomic E-state index is 12.5. The van der Waals surface area contributed by atoms with Crippen LogP contribution in [-0.2, 0) is 14.4 Å². The summed E-state index contributed by atoms with van der Waals surface area (Å²) in [7, 11) is 0. The van der Waals surface area contributed by atoms with Gasteiger partial charge in [-0.25, -0.2) is 0 Å². The number of likely N-dealkylation sites (tertiary alicyclic amines) is 2. The average Bonchev–Trinajstić information content (AvgIpc) is 3.17. The molecule has 2 aliphatic heterocycles. The van der Waals surface area contributed by atoms with Crippen LogP contribution < -0.4 is 0 Å². The zero-order valence-corrected chi connectivity index (χ0v) is 12.7. The first-order valence-electron chi connectivity index (χ1n) is 7.91. The third-order valence-corrected chi connectivity index (χ3v) is 5.42. The van der Waals surface area contributed by atoms with Crippen molar-refractivity contribution in [3.8, 4) is 0 Å². The molecule has 0 aromatic rings. The Morgan fingerprint density at radius 3 is 2.55 bits per heavy atom. The molecule has 3 aliphatic rings. The first kappa shape index (κ1) is 15.1. The summed E-state index contributed by atoms with van der Waals surface area (Å²) in [6.45, 7) is 4.54. The number of fused-ring (bicyclic) bond motifs is 1. The summed E-state index contributed by atoms with van der Waals surface area (Å²) in [5.41, 5.74) is -1.14. The van der Waals surface area contributed by atoms with Gasteiger partial charge in [0.1, 0.15) is 5.41 Å². The van der Waals surface area contributed by atoms with E-state index >= 15 is 0 Å². The van der Waals surface area contributed by atoms with Crippen molar-refractivity contribution in [1.29, 1.82) is 0 Å².